The number of carbonyl (C=O) groups excluding carboxylic acids is 2. The van der Waals surface area contributed by atoms with Gasteiger partial charge in [0, 0.05) is 44.1 Å². The third kappa shape index (κ3) is 13.3. The molecule has 0 saturated heterocycles. The summed E-state index contributed by atoms with van der Waals surface area (Å²) in [5, 5.41) is 40.6. The number of hydrogen-bond acceptors (Lipinski definition) is 17. The zero-order valence-corrected chi connectivity index (χ0v) is 38.7. The second-order valence-electron chi connectivity index (χ2n) is 9.42. The van der Waals surface area contributed by atoms with Gasteiger partial charge in [0.15, 0.2) is 0 Å². The van der Waals surface area contributed by atoms with Crippen molar-refractivity contribution in [3.05, 3.63) is 108 Å². The van der Waals surface area contributed by atoms with Crippen LogP contribution in [0, 0.1) is 0 Å². The van der Waals surface area contributed by atoms with Crippen LogP contribution in [0.3, 0.4) is 0 Å². The fraction of sp³-hybridized carbons (Fsp3) is 0. The number of amides is 2. The molecule has 0 aliphatic heterocycles. The molecule has 0 fully saturated rings. The van der Waals surface area contributed by atoms with Gasteiger partial charge in [-0.05, 0) is 81.5 Å². The topological polar surface area (TPSA) is 244 Å². The van der Waals surface area contributed by atoms with Crippen LogP contribution >= 0.6 is 12.0 Å². The number of benzene rings is 4. The number of nitrogens with zero attached hydrogens (tertiary/aromatic N) is 8. The Bertz CT molecular complexity index is 2270. The van der Waals surface area contributed by atoms with Gasteiger partial charge >= 0.3 is 103 Å². The first-order valence-electron chi connectivity index (χ1n) is 13.6. The summed E-state index contributed by atoms with van der Waals surface area (Å²) in [6.07, 6.45) is 0. The molecule has 25 heteroatoms. The van der Waals surface area contributed by atoms with Crippen molar-refractivity contribution in [1.29, 1.82) is 0 Å². The van der Waals surface area contributed by atoms with Crippen molar-refractivity contribution >= 4 is 70.6 Å². The van der Waals surface area contributed by atoms with Gasteiger partial charge in [0.05, 0.1) is 44.3 Å². The van der Waals surface area contributed by atoms with Gasteiger partial charge in [-0.3, -0.25) is 14.6 Å². The molecule has 0 aliphatic rings. The van der Waals surface area contributed by atoms with Gasteiger partial charge in [-0.2, -0.15) is 4.33 Å². The van der Waals surface area contributed by atoms with Crippen LogP contribution in [-0.2, 0) is 67.1 Å². The van der Waals surface area contributed by atoms with Gasteiger partial charge in [-0.25, -0.2) is 17.8 Å². The van der Waals surface area contributed by atoms with Crippen molar-refractivity contribution in [3.63, 3.8) is 0 Å². The molecule has 4 aromatic carbocycles. The standard InChI is InChI=1S/2C14H11N5O4S2.Au.2K/c20-13(11-6-1-2-7-12(11)25(21,22)23)15-9-4-3-5-10(8-9)19-14(24)16-17-18-19;20-13(11-6-1-2-7-12(11)25-23-22-21)15-9-4-3-5-10(8-9)19-14(24)16-17-18-19;;;/h1-8H,(H,15,20)(H,16,18,24)(H,21,22,23);1-8,21H,(H,15,20)(H,16,18,24);;;/q;;;2*+1/p-4. The summed E-state index contributed by atoms with van der Waals surface area (Å²) >= 11 is 10.6. The third-order valence-corrected chi connectivity index (χ3v) is 8.33. The van der Waals surface area contributed by atoms with E-state index in [9.17, 15) is 27.8 Å². The van der Waals surface area contributed by atoms with Gasteiger partial charge in [-0.1, -0.05) is 36.4 Å². The van der Waals surface area contributed by atoms with Crippen LogP contribution in [0.2, 0.25) is 0 Å². The number of tetrazole rings is 2. The minimum absolute atomic E-state index is 0. The summed E-state index contributed by atoms with van der Waals surface area (Å²) in [5.74, 6) is -1.12. The number of rotatable bonds is 10. The smallest absolute Gasteiger partial charge is 0.744 e. The Kier molecular flexibility index (Phi) is 20.7. The maximum absolute atomic E-state index is 12.5. The van der Waals surface area contributed by atoms with E-state index in [0.29, 0.717) is 45.3 Å². The van der Waals surface area contributed by atoms with Crippen molar-refractivity contribution in [2.24, 2.45) is 0 Å². The van der Waals surface area contributed by atoms with Crippen LogP contribution in [0.25, 0.3) is 11.4 Å². The summed E-state index contributed by atoms with van der Waals surface area (Å²) in [6, 6.07) is 25.1. The first-order chi connectivity index (χ1) is 24.0. The van der Waals surface area contributed by atoms with E-state index in [1.165, 1.54) is 27.6 Å². The minimum Gasteiger partial charge on any atom is -0.744 e. The summed E-state index contributed by atoms with van der Waals surface area (Å²) < 4.78 is 40.8. The molecule has 2 amide bonds. The van der Waals surface area contributed by atoms with E-state index in [0.717, 1.165) is 6.07 Å². The molecular weight excluding hydrogens is 1010 g/mol. The first-order valence-corrected chi connectivity index (χ1v) is 16.5. The predicted molar refractivity (Wildman–Crippen MR) is 174 cm³/mol. The molecule has 267 valence electrons. The molecule has 2 N–H and O–H groups in total. The zero-order valence-electron chi connectivity index (χ0n) is 27.0. The van der Waals surface area contributed by atoms with Gasteiger partial charge in [0.1, 0.15) is 10.1 Å². The summed E-state index contributed by atoms with van der Waals surface area (Å²) in [6.45, 7) is 0. The number of carbonyl (C=O) groups is 2. The van der Waals surface area contributed by atoms with Crippen LogP contribution in [-0.4, -0.2) is 65.2 Å². The van der Waals surface area contributed by atoms with Gasteiger partial charge in [0.25, 0.3) is 11.8 Å². The number of anilines is 2. The maximum Gasteiger partial charge on any atom is 1.00 e. The quantitative estimate of drug-likeness (QED) is 0.0330. The van der Waals surface area contributed by atoms with Crippen LogP contribution in [0.4, 0.5) is 11.4 Å². The van der Waals surface area contributed by atoms with E-state index in [-0.39, 0.29) is 147 Å². The molecule has 53 heavy (non-hydrogen) atoms. The fourth-order valence-electron chi connectivity index (χ4n) is 4.16. The van der Waals surface area contributed by atoms with E-state index in [1.54, 1.807) is 72.8 Å². The van der Waals surface area contributed by atoms with E-state index < -0.39 is 20.9 Å². The summed E-state index contributed by atoms with van der Waals surface area (Å²) in [7, 11) is -4.78. The molecule has 0 spiro atoms. The SMILES string of the molecule is O=C(Nc1cccc(-n2nnnc2[S-])c1)c1ccccc1S(=O)(=O)[O-].O=C(Nc1cccc(-n2nnnc2[S-])c1)c1ccccc1SOO[O-].[Au].[K+].[K+]. The molecular formula is C28H18AuK2N10O8S4-2. The molecule has 0 saturated carbocycles. The van der Waals surface area contributed by atoms with Crippen LogP contribution in [0.5, 0.6) is 0 Å². The molecule has 0 aliphatic carbocycles. The molecule has 6 aromatic rings. The molecule has 2 heterocycles. The van der Waals surface area contributed by atoms with E-state index in [2.05, 4.69) is 51.1 Å². The van der Waals surface area contributed by atoms with Gasteiger partial charge in [-0.15, -0.1) is 10.2 Å². The molecule has 0 atom stereocenters. The Hall–Kier alpha value is -1.45. The van der Waals surface area contributed by atoms with Gasteiger partial charge < -0.3 is 45.7 Å². The Morgan fingerprint density at radius 1 is 0.717 bits per heavy atom. The maximum atomic E-state index is 12.5. The fourth-order valence-corrected chi connectivity index (χ4v) is 5.68. The van der Waals surface area contributed by atoms with Crippen LogP contribution in [0.15, 0.2) is 117 Å². The third-order valence-electron chi connectivity index (χ3n) is 6.26. The summed E-state index contributed by atoms with van der Waals surface area (Å²) in [5.41, 5.74) is 2.07. The summed E-state index contributed by atoms with van der Waals surface area (Å²) in [4.78, 5) is 24.7. The van der Waals surface area contributed by atoms with E-state index in [1.807, 2.05) is 0 Å². The van der Waals surface area contributed by atoms with Crippen molar-refractivity contribution in [1.82, 2.24) is 40.4 Å². The first kappa shape index (κ1) is 47.7. The van der Waals surface area contributed by atoms with Gasteiger partial charge in [0.2, 0.25) is 0 Å². The normalized spacial score (nSPS) is 10.3. The van der Waals surface area contributed by atoms with Crippen LogP contribution in [0.1, 0.15) is 20.7 Å². The van der Waals surface area contributed by atoms with Crippen molar-refractivity contribution < 1.29 is 162 Å². The molecule has 6 rings (SSSR count). The molecule has 0 unspecified atom stereocenters. The molecule has 18 nitrogen and oxygen atoms in total. The zero-order chi connectivity index (χ0) is 35.7. The van der Waals surface area contributed by atoms with Crippen molar-refractivity contribution in [2.75, 3.05) is 10.6 Å². The number of nitrogens with one attached hydrogen (secondary N) is 2. The average molecular weight is 1030 g/mol. The molecule has 0 bridgehead atoms. The Morgan fingerprint density at radius 3 is 1.66 bits per heavy atom. The predicted octanol–water partition coefficient (Wildman–Crippen LogP) is -4.22. The molecule has 1 radical (unpaired) electrons. The van der Waals surface area contributed by atoms with Crippen molar-refractivity contribution in [2.45, 2.75) is 20.1 Å². The van der Waals surface area contributed by atoms with Crippen LogP contribution < -0.4 is 119 Å². The average Bonchev–Trinajstić information content (AvgIpc) is 3.75. The Balaban J connectivity index is 0.000000347. The van der Waals surface area contributed by atoms with E-state index >= 15 is 0 Å². The number of hydrogen-bond donors (Lipinski definition) is 2. The van der Waals surface area contributed by atoms with Crippen molar-refractivity contribution in [3.8, 4) is 11.4 Å². The monoisotopic (exact) mass is 1020 g/mol. The van der Waals surface area contributed by atoms with E-state index in [4.69, 9.17) is 25.3 Å². The number of aromatic nitrogens is 8. The second-order valence-corrected chi connectivity index (χ2v) is 12.2. The molecule has 2 aromatic heterocycles. The Labute approximate surface area is 416 Å². The second kappa shape index (κ2) is 22.9. The largest absolute Gasteiger partial charge is 1.00 e. The Morgan fingerprint density at radius 2 is 1.19 bits per heavy atom. The minimum atomic E-state index is -4.78.